The molecule has 2 aliphatic rings. The minimum atomic E-state index is -0.0521. The molecule has 8 nitrogen and oxygen atoms in total. The highest BCUT2D eigenvalue weighted by Crippen LogP contribution is 2.27. The van der Waals surface area contributed by atoms with E-state index in [1.165, 1.54) is 37.3 Å². The van der Waals surface area contributed by atoms with Crippen molar-refractivity contribution >= 4 is 23.1 Å². The Labute approximate surface area is 191 Å². The van der Waals surface area contributed by atoms with Gasteiger partial charge in [0.2, 0.25) is 5.91 Å². The van der Waals surface area contributed by atoms with Crippen LogP contribution in [0.2, 0.25) is 0 Å². The fourth-order valence-electron chi connectivity index (χ4n) is 4.58. The van der Waals surface area contributed by atoms with Crippen molar-refractivity contribution in [2.75, 3.05) is 38.0 Å². The van der Waals surface area contributed by atoms with Crippen LogP contribution in [0.15, 0.2) is 34.2 Å². The standard InChI is InChI=1S/C23H28N6O2S/c1-16-6-7-19(31-16)22-25-18(23-24-8-12-32-23)13-20(27-22)26-21(30)15-29-11-4-5-17(29)14-28-9-2-3-10-28/h6-8,12-13,17H,2-5,9-11,14-15H2,1H3,(H,25,26,27,30)/t17-/m0/s1. The van der Waals surface area contributed by atoms with Crippen molar-refractivity contribution in [3.8, 4) is 22.3 Å². The van der Waals surface area contributed by atoms with E-state index in [9.17, 15) is 4.79 Å². The van der Waals surface area contributed by atoms with Gasteiger partial charge in [-0.05, 0) is 64.4 Å². The van der Waals surface area contributed by atoms with Crippen molar-refractivity contribution in [1.82, 2.24) is 24.8 Å². The van der Waals surface area contributed by atoms with E-state index in [0.29, 0.717) is 35.7 Å². The quantitative estimate of drug-likeness (QED) is 0.585. The molecule has 0 aliphatic carbocycles. The lowest BCUT2D eigenvalue weighted by molar-refractivity contribution is -0.117. The summed E-state index contributed by atoms with van der Waals surface area (Å²) >= 11 is 1.50. The van der Waals surface area contributed by atoms with E-state index in [2.05, 4.69) is 30.1 Å². The first-order valence-electron chi connectivity index (χ1n) is 11.3. The normalized spacial score (nSPS) is 19.6. The number of likely N-dealkylation sites (tertiary alicyclic amines) is 2. The number of anilines is 1. The Morgan fingerprint density at radius 1 is 1.22 bits per heavy atom. The van der Waals surface area contributed by atoms with E-state index in [-0.39, 0.29) is 5.91 Å². The second kappa shape index (κ2) is 9.48. The first kappa shape index (κ1) is 21.2. The first-order valence-corrected chi connectivity index (χ1v) is 12.1. The highest BCUT2D eigenvalue weighted by Gasteiger charge is 2.29. The Kier molecular flexibility index (Phi) is 6.29. The summed E-state index contributed by atoms with van der Waals surface area (Å²) in [5, 5.41) is 5.67. The lowest BCUT2D eigenvalue weighted by Crippen LogP contribution is -2.42. The van der Waals surface area contributed by atoms with Gasteiger partial charge in [0.25, 0.3) is 0 Å². The number of nitrogens with one attached hydrogen (secondary N) is 1. The summed E-state index contributed by atoms with van der Waals surface area (Å²) in [6, 6.07) is 5.95. The molecule has 5 heterocycles. The molecule has 5 rings (SSSR count). The third kappa shape index (κ3) is 4.90. The number of thiazole rings is 1. The molecule has 0 unspecified atom stereocenters. The Balaban J connectivity index is 1.31. The number of furan rings is 1. The van der Waals surface area contributed by atoms with Gasteiger partial charge in [-0.2, -0.15) is 0 Å². The van der Waals surface area contributed by atoms with Crippen LogP contribution in [0.5, 0.6) is 0 Å². The second-order valence-corrected chi connectivity index (χ2v) is 9.43. The third-order valence-corrected chi connectivity index (χ3v) is 6.91. The Morgan fingerprint density at radius 3 is 2.84 bits per heavy atom. The van der Waals surface area contributed by atoms with Crippen molar-refractivity contribution in [3.63, 3.8) is 0 Å². The third-order valence-electron chi connectivity index (χ3n) is 6.12. The molecule has 0 bridgehead atoms. The van der Waals surface area contributed by atoms with E-state index >= 15 is 0 Å². The summed E-state index contributed by atoms with van der Waals surface area (Å²) < 4.78 is 5.72. The molecule has 3 aromatic heterocycles. The van der Waals surface area contributed by atoms with Crippen molar-refractivity contribution in [1.29, 1.82) is 0 Å². The number of aryl methyl sites for hydroxylation is 1. The van der Waals surface area contributed by atoms with Gasteiger partial charge in [-0.3, -0.25) is 9.69 Å². The minimum absolute atomic E-state index is 0.0521. The summed E-state index contributed by atoms with van der Waals surface area (Å²) in [5.74, 6) is 2.21. The fraction of sp³-hybridized carbons (Fsp3) is 0.478. The molecule has 9 heteroatoms. The maximum atomic E-state index is 12.9. The first-order chi connectivity index (χ1) is 15.6. The topological polar surface area (TPSA) is 87.4 Å². The summed E-state index contributed by atoms with van der Waals surface area (Å²) in [7, 11) is 0. The van der Waals surface area contributed by atoms with E-state index in [0.717, 1.165) is 36.7 Å². The SMILES string of the molecule is Cc1ccc(-c2nc(NC(=O)CN3CCC[C@H]3CN3CCCC3)cc(-c3nccs3)n2)o1. The number of amides is 1. The molecule has 1 N–H and O–H groups in total. The van der Waals surface area contributed by atoms with Crippen LogP contribution >= 0.6 is 11.3 Å². The predicted molar refractivity (Wildman–Crippen MR) is 124 cm³/mol. The van der Waals surface area contributed by atoms with Gasteiger partial charge in [-0.15, -0.1) is 11.3 Å². The average molecular weight is 453 g/mol. The van der Waals surface area contributed by atoms with E-state index in [1.807, 2.05) is 24.4 Å². The Morgan fingerprint density at radius 2 is 2.09 bits per heavy atom. The lowest BCUT2D eigenvalue weighted by atomic mass is 10.2. The van der Waals surface area contributed by atoms with Crippen LogP contribution in [-0.2, 0) is 4.79 Å². The van der Waals surface area contributed by atoms with Crippen LogP contribution in [0.25, 0.3) is 22.3 Å². The van der Waals surface area contributed by atoms with Crippen LogP contribution in [0.3, 0.4) is 0 Å². The molecular weight excluding hydrogens is 424 g/mol. The van der Waals surface area contributed by atoms with Crippen molar-refractivity contribution in [2.24, 2.45) is 0 Å². The van der Waals surface area contributed by atoms with Gasteiger partial charge in [0.15, 0.2) is 11.6 Å². The molecule has 0 radical (unpaired) electrons. The summed E-state index contributed by atoms with van der Waals surface area (Å²) in [5.41, 5.74) is 0.669. The van der Waals surface area contributed by atoms with Gasteiger partial charge >= 0.3 is 0 Å². The zero-order valence-electron chi connectivity index (χ0n) is 18.3. The zero-order chi connectivity index (χ0) is 21.9. The molecule has 32 heavy (non-hydrogen) atoms. The van der Waals surface area contributed by atoms with Gasteiger partial charge in [0, 0.05) is 30.2 Å². The number of hydrogen-bond donors (Lipinski definition) is 1. The van der Waals surface area contributed by atoms with Gasteiger partial charge in [0.05, 0.1) is 6.54 Å². The van der Waals surface area contributed by atoms with Crippen LogP contribution in [-0.4, -0.2) is 69.4 Å². The van der Waals surface area contributed by atoms with Gasteiger partial charge < -0.3 is 14.6 Å². The molecular formula is C23H28N6O2S. The maximum Gasteiger partial charge on any atom is 0.239 e. The molecule has 0 aromatic carbocycles. The van der Waals surface area contributed by atoms with Crippen LogP contribution in [0, 0.1) is 6.92 Å². The van der Waals surface area contributed by atoms with Crippen LogP contribution in [0.1, 0.15) is 31.4 Å². The zero-order valence-corrected chi connectivity index (χ0v) is 19.1. The molecule has 2 fully saturated rings. The van der Waals surface area contributed by atoms with Gasteiger partial charge in [-0.1, -0.05) is 0 Å². The van der Waals surface area contributed by atoms with Crippen molar-refractivity contribution in [2.45, 2.75) is 38.6 Å². The molecule has 0 saturated carbocycles. The van der Waals surface area contributed by atoms with E-state index < -0.39 is 0 Å². The highest BCUT2D eigenvalue weighted by molar-refractivity contribution is 7.13. The summed E-state index contributed by atoms with van der Waals surface area (Å²) in [4.78, 5) is 31.3. The second-order valence-electron chi connectivity index (χ2n) is 8.53. The minimum Gasteiger partial charge on any atom is -0.458 e. The summed E-state index contributed by atoms with van der Waals surface area (Å²) in [6.45, 7) is 6.67. The molecule has 1 amide bonds. The highest BCUT2D eigenvalue weighted by atomic mass is 32.1. The van der Waals surface area contributed by atoms with Crippen LogP contribution < -0.4 is 5.32 Å². The number of rotatable bonds is 7. The number of aromatic nitrogens is 3. The smallest absolute Gasteiger partial charge is 0.239 e. The molecule has 2 aliphatic heterocycles. The van der Waals surface area contributed by atoms with Crippen molar-refractivity contribution in [3.05, 3.63) is 35.5 Å². The van der Waals surface area contributed by atoms with Crippen molar-refractivity contribution < 1.29 is 9.21 Å². The summed E-state index contributed by atoms with van der Waals surface area (Å²) in [6.07, 6.45) is 6.63. The monoisotopic (exact) mass is 452 g/mol. The fourth-order valence-corrected chi connectivity index (χ4v) is 5.17. The predicted octanol–water partition coefficient (Wildman–Crippen LogP) is 3.67. The molecule has 168 valence electrons. The Hall–Kier alpha value is -2.62. The largest absolute Gasteiger partial charge is 0.458 e. The number of nitrogens with zero attached hydrogens (tertiary/aromatic N) is 5. The number of hydrogen-bond acceptors (Lipinski definition) is 8. The van der Waals surface area contributed by atoms with Crippen LogP contribution in [0.4, 0.5) is 5.82 Å². The molecule has 2 saturated heterocycles. The molecule has 0 spiro atoms. The number of carbonyl (C=O) groups is 1. The Bertz CT molecular complexity index is 1060. The molecule has 3 aromatic rings. The van der Waals surface area contributed by atoms with Gasteiger partial charge in [-0.25, -0.2) is 15.0 Å². The van der Waals surface area contributed by atoms with E-state index in [1.54, 1.807) is 12.3 Å². The molecule has 1 atom stereocenters. The maximum absolute atomic E-state index is 12.9. The lowest BCUT2D eigenvalue weighted by Gasteiger charge is -2.27. The number of carbonyl (C=O) groups excluding carboxylic acids is 1. The average Bonchev–Trinajstić information content (AvgIpc) is 3.58. The van der Waals surface area contributed by atoms with E-state index in [4.69, 9.17) is 4.42 Å². The van der Waals surface area contributed by atoms with Gasteiger partial charge in [0.1, 0.15) is 22.3 Å².